The van der Waals surface area contributed by atoms with Gasteiger partial charge >= 0.3 is 0 Å². The molecule has 0 aliphatic carbocycles. The van der Waals surface area contributed by atoms with E-state index < -0.39 is 203 Å². The number of aliphatic hydroxyl groups excluding tert-OH is 21. The van der Waals surface area contributed by atoms with Gasteiger partial charge < -0.3 is 181 Å². The van der Waals surface area contributed by atoms with Crippen molar-refractivity contribution in [3.63, 3.8) is 0 Å². The number of Topliss-reactive ketones (excluding diaryl/α,β-unsaturated/α-hetero) is 1. The number of likely N-dealkylation sites (N-methyl/N-ethyl adjacent to an activating group) is 1. The van der Waals surface area contributed by atoms with Crippen molar-refractivity contribution < 1.29 is 164 Å². The third-order valence-electron chi connectivity index (χ3n) is 22.5. The van der Waals surface area contributed by atoms with Crippen molar-refractivity contribution in [1.82, 2.24) is 36.0 Å². The Morgan fingerprint density at radius 3 is 0.864 bits per heavy atom. The molecule has 40 nitrogen and oxygen atoms in total. The molecule has 6 heterocycles. The van der Waals surface area contributed by atoms with Crippen LogP contribution in [0.5, 0.6) is 0 Å². The molecule has 6 saturated heterocycles. The van der Waals surface area contributed by atoms with Gasteiger partial charge in [0.15, 0.2) is 18.4 Å². The van der Waals surface area contributed by atoms with Gasteiger partial charge in [-0.15, -0.1) is 0 Å². The summed E-state index contributed by atoms with van der Waals surface area (Å²) in [5.41, 5.74) is 0. The van der Waals surface area contributed by atoms with E-state index in [2.05, 4.69) is 36.0 Å². The highest BCUT2D eigenvalue weighted by atomic mass is 16.7. The lowest BCUT2D eigenvalue weighted by Gasteiger charge is -2.40. The fourth-order valence-corrected chi connectivity index (χ4v) is 15.1. The summed E-state index contributed by atoms with van der Waals surface area (Å²) >= 11 is 0. The lowest BCUT2D eigenvalue weighted by atomic mass is 9.92. The maximum atomic E-state index is 12.0. The first-order valence-corrected chi connectivity index (χ1v) is 42.6. The van der Waals surface area contributed by atoms with E-state index in [0.29, 0.717) is 142 Å². The molecule has 0 radical (unpaired) electrons. The Bertz CT molecular complexity index is 2580. The number of carbonyl (C=O) groups is 4. The van der Waals surface area contributed by atoms with Gasteiger partial charge in [-0.05, 0) is 177 Å². The molecular formula is C78H149N7O33. The molecule has 6 aliphatic heterocycles. The lowest BCUT2D eigenvalue weighted by Crippen LogP contribution is -2.59. The summed E-state index contributed by atoms with van der Waals surface area (Å²) in [5.74, 6) is -0.197. The fourth-order valence-electron chi connectivity index (χ4n) is 15.1. The highest BCUT2D eigenvalue weighted by molar-refractivity contribution is 5.87. The molecule has 0 spiro atoms. The quantitative estimate of drug-likeness (QED) is 0.0252. The van der Waals surface area contributed by atoms with Crippen molar-refractivity contribution in [2.75, 3.05) is 125 Å². The SMILES string of the molecule is CCNC(=O)CCCCCN(CCC[C@@H]1O[C@@H](C)[C@@H](O)[C@@H](O)[C@@H]1O)CCC[C@H]1O[C@H](CO)[C@@H](O)[C@H](O)[C@H]1O.CCNC(=O)CCCCCN(CCC[C@@H]1O[C@@H](C)[C@@H](O)[C@@H](O)[C@@H]1O)CCO[C@@H]1O[C@H](CO)[C@@H](O)[C@H](O)[C@H]1O.CNCC(=O)CNC(=O)CCCCCN(CCC[C@@H]1O[C@@H](C)[C@@H](O)[C@@H](O)[C@@H]1O)CCO[C@@H]1O[C@H](CO)[C@@H](O)[C@H](O)[C@H]1O. The first kappa shape index (κ1) is 107. The van der Waals surface area contributed by atoms with Gasteiger partial charge in [0, 0.05) is 45.4 Å². The van der Waals surface area contributed by atoms with Gasteiger partial charge in [-0.25, -0.2) is 0 Å². The highest BCUT2D eigenvalue weighted by Crippen LogP contribution is 2.30. The predicted octanol–water partition coefficient (Wildman–Crippen LogP) is -8.07. The summed E-state index contributed by atoms with van der Waals surface area (Å²) in [5, 5.41) is 220. The highest BCUT2D eigenvalue weighted by Gasteiger charge is 2.48. The van der Waals surface area contributed by atoms with Crippen LogP contribution in [0, 0.1) is 0 Å². The summed E-state index contributed by atoms with van der Waals surface area (Å²) in [6.07, 6.45) is -20.6. The Balaban J connectivity index is 0.000000373. The average Bonchev–Trinajstić information content (AvgIpc) is 0.905. The molecule has 30 atom stereocenters. The average molecular weight is 1710 g/mol. The Morgan fingerprint density at radius 2 is 0.559 bits per heavy atom. The van der Waals surface area contributed by atoms with Gasteiger partial charge in [0.2, 0.25) is 17.7 Å². The van der Waals surface area contributed by atoms with E-state index in [-0.39, 0.29) is 49.8 Å². The van der Waals surface area contributed by atoms with Crippen LogP contribution in [-0.2, 0) is 57.1 Å². The number of nitrogens with one attached hydrogen (secondary N) is 4. The number of ketones is 1. The number of hydrogen-bond acceptors (Lipinski definition) is 37. The van der Waals surface area contributed by atoms with Crippen molar-refractivity contribution >= 4 is 23.5 Å². The number of carbonyl (C=O) groups excluding carboxylic acids is 4. The van der Waals surface area contributed by atoms with Crippen molar-refractivity contribution in [1.29, 1.82) is 0 Å². The third kappa shape index (κ3) is 36.4. The number of nitrogens with zero attached hydrogens (tertiary/aromatic N) is 3. The summed E-state index contributed by atoms with van der Waals surface area (Å²) in [6.45, 7) is 14.4. The molecule has 0 bridgehead atoms. The van der Waals surface area contributed by atoms with Gasteiger partial charge in [0.25, 0.3) is 0 Å². The van der Waals surface area contributed by atoms with Crippen molar-refractivity contribution in [2.24, 2.45) is 0 Å². The van der Waals surface area contributed by atoms with Crippen LogP contribution in [0.4, 0.5) is 0 Å². The number of aliphatic hydroxyl groups is 21. The predicted molar refractivity (Wildman–Crippen MR) is 421 cm³/mol. The van der Waals surface area contributed by atoms with Crippen LogP contribution in [-0.4, -0.2) is 454 Å². The van der Waals surface area contributed by atoms with E-state index in [4.69, 9.17) is 37.9 Å². The maximum absolute atomic E-state index is 12.0. The zero-order valence-corrected chi connectivity index (χ0v) is 69.8. The molecule has 0 aromatic heterocycles. The zero-order chi connectivity index (χ0) is 87.7. The number of unbranched alkanes of at least 4 members (excludes halogenated alkanes) is 6. The lowest BCUT2D eigenvalue weighted by molar-refractivity contribution is -0.301. The van der Waals surface area contributed by atoms with E-state index >= 15 is 0 Å². The Hall–Kier alpha value is -3.24. The van der Waals surface area contributed by atoms with Crippen LogP contribution in [0.25, 0.3) is 0 Å². The van der Waals surface area contributed by atoms with Crippen LogP contribution in [0.1, 0.15) is 163 Å². The van der Waals surface area contributed by atoms with E-state index in [9.17, 15) is 126 Å². The molecule has 0 aromatic rings. The molecule has 694 valence electrons. The van der Waals surface area contributed by atoms with Crippen LogP contribution in [0.15, 0.2) is 0 Å². The molecule has 0 saturated carbocycles. The summed E-state index contributed by atoms with van der Waals surface area (Å²) in [6, 6.07) is 0. The molecule has 6 rings (SSSR count). The largest absolute Gasteiger partial charge is 0.394 e. The normalized spacial score (nSPS) is 35.1. The monoisotopic (exact) mass is 1710 g/mol. The summed E-state index contributed by atoms with van der Waals surface area (Å²) < 4.78 is 44.8. The van der Waals surface area contributed by atoms with Crippen LogP contribution in [0.2, 0.25) is 0 Å². The first-order chi connectivity index (χ1) is 56.2. The molecule has 25 N–H and O–H groups in total. The van der Waals surface area contributed by atoms with Gasteiger partial charge in [0.05, 0.1) is 88.9 Å². The first-order valence-electron chi connectivity index (χ1n) is 42.6. The van der Waals surface area contributed by atoms with Crippen LogP contribution >= 0.6 is 0 Å². The zero-order valence-electron chi connectivity index (χ0n) is 69.8. The third-order valence-corrected chi connectivity index (χ3v) is 22.5. The summed E-state index contributed by atoms with van der Waals surface area (Å²) in [7, 11) is 1.66. The van der Waals surface area contributed by atoms with Gasteiger partial charge in [0.1, 0.15) is 128 Å². The van der Waals surface area contributed by atoms with Gasteiger partial charge in [-0.3, -0.25) is 19.2 Å². The van der Waals surface area contributed by atoms with E-state index in [1.165, 1.54) is 0 Å². The molecule has 0 aromatic carbocycles. The minimum Gasteiger partial charge on any atom is -0.394 e. The van der Waals surface area contributed by atoms with Gasteiger partial charge in [-0.1, -0.05) is 19.3 Å². The molecule has 40 heteroatoms. The van der Waals surface area contributed by atoms with Crippen molar-refractivity contribution in [3.05, 3.63) is 0 Å². The van der Waals surface area contributed by atoms with Crippen LogP contribution in [0.3, 0.4) is 0 Å². The smallest absolute Gasteiger partial charge is 0.220 e. The maximum Gasteiger partial charge on any atom is 0.220 e. The number of ether oxygens (including phenoxy) is 8. The molecule has 118 heavy (non-hydrogen) atoms. The fraction of sp³-hybridized carbons (Fsp3) is 0.949. The van der Waals surface area contributed by atoms with Crippen molar-refractivity contribution in [3.8, 4) is 0 Å². The van der Waals surface area contributed by atoms with Crippen LogP contribution < -0.4 is 21.3 Å². The molecular weight excluding hydrogens is 1560 g/mol. The van der Waals surface area contributed by atoms with E-state index in [1.54, 1.807) is 27.8 Å². The second-order valence-corrected chi connectivity index (χ2v) is 31.8. The summed E-state index contributed by atoms with van der Waals surface area (Å²) in [4.78, 5) is 53.3. The molecule has 6 aliphatic rings. The Labute approximate surface area is 693 Å². The van der Waals surface area contributed by atoms with Gasteiger partial charge in [-0.2, -0.15) is 0 Å². The molecule has 6 fully saturated rings. The number of rotatable bonds is 51. The number of amides is 3. The standard InChI is InChI=1S/C27H51N3O12.C26H50N2O10.C25H48N2O11/c1-16-21(34)24(37)22(35)18(41-16)7-6-10-30(9-5-3-4-8-20(33)29-14-17(32)13-28-2)11-12-40-27-26(39)25(38)23(36)19(15-31)42-27;1-3-27-20(30)11-5-4-6-12-28(13-7-9-17-22(32)25(35)21(31)16(2)37-17)14-8-10-18-23(33)26(36)24(34)19(15-29)38-18;1-3-26-18(29)9-5-4-6-10-27(11-7-8-16-20(31)22(33)19(30)15(2)37-16)12-13-36-25-24(35)23(34)21(32)17(14-28)38-25/h16,18-19,21-28,31,34-39H,3-15H2,1-2H3,(H,29,33);16-19,21-26,29,31-36H,3-15H2,1-2H3,(H,27,30);15-17,19-25,28,30-35H,3-14H2,1-2H3,(H,26,29)/t16-,18-,19+,21+,22+,23+,24+,25-,26+,27+;16-,17-,18+,19+,21+,22+,23-,24+,25+,26+;15-,16-,17+,19+,20+,21+,22+,23-,24+,25+/m000/s1. The van der Waals surface area contributed by atoms with Crippen molar-refractivity contribution in [2.45, 2.75) is 347 Å². The van der Waals surface area contributed by atoms with E-state index in [1.807, 2.05) is 13.8 Å². The molecule has 0 unspecified atom stereocenters. The Morgan fingerprint density at radius 1 is 0.297 bits per heavy atom. The Kier molecular flexibility index (Phi) is 52.7. The second-order valence-electron chi connectivity index (χ2n) is 31.8. The second kappa shape index (κ2) is 58.1. The topological polar surface area (TPSA) is 625 Å². The molecule has 3 amide bonds. The minimum atomic E-state index is -1.53. The minimum absolute atomic E-state index is 0.00390. The van der Waals surface area contributed by atoms with E-state index in [0.717, 1.165) is 57.9 Å². The number of hydrogen-bond donors (Lipinski definition) is 25.